The lowest BCUT2D eigenvalue weighted by molar-refractivity contribution is -0.115. The summed E-state index contributed by atoms with van der Waals surface area (Å²) in [6.45, 7) is 5.97. The number of carbonyl (C=O) groups is 1. The van der Waals surface area contributed by atoms with Crippen molar-refractivity contribution in [3.8, 4) is 17.5 Å². The summed E-state index contributed by atoms with van der Waals surface area (Å²) in [4.78, 5) is 12.6. The molecule has 0 aliphatic rings. The Morgan fingerprint density at radius 3 is 2.79 bits per heavy atom. The third-order valence-corrected chi connectivity index (χ3v) is 5.12. The Morgan fingerprint density at radius 2 is 2.10 bits per heavy atom. The zero-order chi connectivity index (χ0) is 20.8. The monoisotopic (exact) mass is 407 g/mol. The molecule has 1 heterocycles. The van der Waals surface area contributed by atoms with Crippen LogP contribution in [0.2, 0.25) is 0 Å². The van der Waals surface area contributed by atoms with E-state index in [0.29, 0.717) is 28.8 Å². The Kier molecular flexibility index (Phi) is 6.42. The van der Waals surface area contributed by atoms with Crippen LogP contribution in [0.4, 0.5) is 10.1 Å². The number of halogens is 1. The first-order chi connectivity index (χ1) is 14.0. The number of thioether (sulfide) groups is 1. The van der Waals surface area contributed by atoms with E-state index < -0.39 is 5.25 Å². The van der Waals surface area contributed by atoms with Gasteiger partial charge in [-0.3, -0.25) is 9.36 Å². The molecule has 0 aliphatic heterocycles. The number of hydrogen-bond donors (Lipinski definition) is 1. The smallest absolute Gasteiger partial charge is 0.237 e. The van der Waals surface area contributed by atoms with E-state index in [2.05, 4.69) is 22.1 Å². The Hall–Kier alpha value is -3.44. The summed E-state index contributed by atoms with van der Waals surface area (Å²) in [5.74, 6) is 0.0206. The topological polar surface area (TPSA) is 83.6 Å². The van der Waals surface area contributed by atoms with Crippen molar-refractivity contribution in [1.29, 1.82) is 5.26 Å². The minimum absolute atomic E-state index is 0.221. The molecular weight excluding hydrogens is 389 g/mol. The summed E-state index contributed by atoms with van der Waals surface area (Å²) >= 11 is 1.26. The van der Waals surface area contributed by atoms with Crippen molar-refractivity contribution in [2.45, 2.75) is 23.9 Å². The summed E-state index contributed by atoms with van der Waals surface area (Å²) in [7, 11) is 0. The van der Waals surface area contributed by atoms with Crippen molar-refractivity contribution in [3.63, 3.8) is 0 Å². The molecule has 29 heavy (non-hydrogen) atoms. The first-order valence-corrected chi connectivity index (χ1v) is 9.67. The van der Waals surface area contributed by atoms with Crippen molar-refractivity contribution in [2.75, 3.05) is 5.32 Å². The van der Waals surface area contributed by atoms with Crippen LogP contribution in [0.3, 0.4) is 0 Å². The van der Waals surface area contributed by atoms with E-state index in [-0.39, 0.29) is 11.7 Å². The van der Waals surface area contributed by atoms with Gasteiger partial charge in [0.15, 0.2) is 11.0 Å². The molecule has 0 aliphatic carbocycles. The highest BCUT2D eigenvalue weighted by Gasteiger charge is 2.20. The summed E-state index contributed by atoms with van der Waals surface area (Å²) in [5.41, 5.74) is 1.75. The van der Waals surface area contributed by atoms with Crippen LogP contribution in [0.5, 0.6) is 0 Å². The third-order valence-electron chi connectivity index (χ3n) is 4.04. The Labute approximate surface area is 172 Å². The lowest BCUT2D eigenvalue weighted by Gasteiger charge is -2.13. The van der Waals surface area contributed by atoms with Gasteiger partial charge < -0.3 is 5.32 Å². The molecule has 1 atom stereocenters. The molecule has 1 N–H and O–H groups in total. The second-order valence-electron chi connectivity index (χ2n) is 6.15. The normalized spacial score (nSPS) is 11.5. The average Bonchev–Trinajstić information content (AvgIpc) is 3.11. The molecule has 0 spiro atoms. The average molecular weight is 407 g/mol. The number of amides is 1. The second kappa shape index (κ2) is 9.17. The van der Waals surface area contributed by atoms with Gasteiger partial charge >= 0.3 is 0 Å². The van der Waals surface area contributed by atoms with Crippen LogP contribution in [-0.4, -0.2) is 25.9 Å². The number of benzene rings is 2. The van der Waals surface area contributed by atoms with Gasteiger partial charge in [0.1, 0.15) is 5.82 Å². The number of nitrogens with zero attached hydrogens (tertiary/aromatic N) is 4. The summed E-state index contributed by atoms with van der Waals surface area (Å²) in [6, 6.07) is 14.7. The van der Waals surface area contributed by atoms with E-state index in [9.17, 15) is 9.18 Å². The molecular formula is C21H18FN5OS. The van der Waals surface area contributed by atoms with Crippen LogP contribution >= 0.6 is 11.8 Å². The highest BCUT2D eigenvalue weighted by atomic mass is 32.2. The maximum Gasteiger partial charge on any atom is 0.237 e. The van der Waals surface area contributed by atoms with Gasteiger partial charge in [-0.05, 0) is 49.4 Å². The maximum atomic E-state index is 13.2. The van der Waals surface area contributed by atoms with Gasteiger partial charge in [-0.15, -0.1) is 16.8 Å². The van der Waals surface area contributed by atoms with Crippen molar-refractivity contribution >= 4 is 23.4 Å². The molecule has 8 heteroatoms. The van der Waals surface area contributed by atoms with Crippen molar-refractivity contribution in [2.24, 2.45) is 0 Å². The van der Waals surface area contributed by atoms with Crippen LogP contribution in [-0.2, 0) is 11.3 Å². The van der Waals surface area contributed by atoms with Crippen molar-refractivity contribution in [3.05, 3.63) is 72.6 Å². The first kappa shape index (κ1) is 20.3. The largest absolute Gasteiger partial charge is 0.325 e. The predicted molar refractivity (Wildman–Crippen MR) is 111 cm³/mol. The first-order valence-electron chi connectivity index (χ1n) is 8.79. The standard InChI is InChI=1S/C21H18FN5OS/c1-3-11-27-19(16-7-9-17(22)10-8-16)25-26-21(27)29-14(2)20(28)24-18-6-4-5-15(12-18)13-23/h3-10,12,14H,1,11H2,2H3,(H,24,28)/t14-/m1/s1. The second-order valence-corrected chi connectivity index (χ2v) is 7.46. The number of nitriles is 1. The van der Waals surface area contributed by atoms with E-state index >= 15 is 0 Å². The van der Waals surface area contributed by atoms with Crippen LogP contribution < -0.4 is 5.32 Å². The molecule has 0 saturated heterocycles. The lowest BCUT2D eigenvalue weighted by Crippen LogP contribution is -2.23. The predicted octanol–water partition coefficient (Wildman–Crippen LogP) is 4.26. The number of hydrogen-bond acceptors (Lipinski definition) is 5. The highest BCUT2D eigenvalue weighted by Crippen LogP contribution is 2.27. The van der Waals surface area contributed by atoms with Crippen molar-refractivity contribution in [1.82, 2.24) is 14.8 Å². The zero-order valence-corrected chi connectivity index (χ0v) is 16.5. The minimum Gasteiger partial charge on any atom is -0.325 e. The highest BCUT2D eigenvalue weighted by molar-refractivity contribution is 8.00. The van der Waals surface area contributed by atoms with E-state index in [0.717, 1.165) is 5.56 Å². The molecule has 1 aromatic heterocycles. The summed E-state index contributed by atoms with van der Waals surface area (Å²) < 4.78 is 15.0. The van der Waals surface area contributed by atoms with Crippen LogP contribution in [0.15, 0.2) is 66.3 Å². The van der Waals surface area contributed by atoms with E-state index in [1.807, 2.05) is 10.6 Å². The Morgan fingerprint density at radius 1 is 1.34 bits per heavy atom. The quantitative estimate of drug-likeness (QED) is 0.467. The summed E-state index contributed by atoms with van der Waals surface area (Å²) in [6.07, 6.45) is 1.71. The zero-order valence-electron chi connectivity index (χ0n) is 15.7. The van der Waals surface area contributed by atoms with Gasteiger partial charge in [-0.1, -0.05) is 23.9 Å². The van der Waals surface area contributed by atoms with Gasteiger partial charge in [-0.25, -0.2) is 4.39 Å². The van der Waals surface area contributed by atoms with Crippen LogP contribution in [0.25, 0.3) is 11.4 Å². The molecule has 0 saturated carbocycles. The fourth-order valence-electron chi connectivity index (χ4n) is 2.60. The molecule has 0 unspecified atom stereocenters. The molecule has 0 fully saturated rings. The van der Waals surface area contributed by atoms with Gasteiger partial charge in [0, 0.05) is 17.8 Å². The van der Waals surface area contributed by atoms with E-state index in [1.165, 1.54) is 23.9 Å². The third kappa shape index (κ3) is 4.89. The minimum atomic E-state index is -0.463. The lowest BCUT2D eigenvalue weighted by atomic mass is 10.2. The molecule has 1 amide bonds. The van der Waals surface area contributed by atoms with Crippen molar-refractivity contribution < 1.29 is 9.18 Å². The van der Waals surface area contributed by atoms with Crippen LogP contribution in [0, 0.1) is 17.1 Å². The Bertz CT molecular complexity index is 1070. The van der Waals surface area contributed by atoms with Gasteiger partial charge in [0.05, 0.1) is 16.9 Å². The fraction of sp³-hybridized carbons (Fsp3) is 0.143. The molecule has 0 radical (unpaired) electrons. The maximum absolute atomic E-state index is 13.2. The number of anilines is 1. The van der Waals surface area contributed by atoms with E-state index in [1.54, 1.807) is 49.4 Å². The number of nitrogens with one attached hydrogen (secondary N) is 1. The molecule has 6 nitrogen and oxygen atoms in total. The SMILES string of the molecule is C=CCn1c(S[C@H](C)C(=O)Nc2cccc(C#N)c2)nnc1-c1ccc(F)cc1. The van der Waals surface area contributed by atoms with Gasteiger partial charge in [-0.2, -0.15) is 5.26 Å². The number of rotatable bonds is 7. The number of allylic oxidation sites excluding steroid dienone is 1. The molecule has 146 valence electrons. The molecule has 3 aromatic rings. The fourth-order valence-corrected chi connectivity index (χ4v) is 3.46. The summed E-state index contributed by atoms with van der Waals surface area (Å²) in [5, 5.41) is 20.3. The van der Waals surface area contributed by atoms with Gasteiger partial charge in [0.2, 0.25) is 5.91 Å². The van der Waals surface area contributed by atoms with Crippen LogP contribution in [0.1, 0.15) is 12.5 Å². The molecule has 0 bridgehead atoms. The molecule has 3 rings (SSSR count). The van der Waals surface area contributed by atoms with Gasteiger partial charge in [0.25, 0.3) is 0 Å². The molecule has 2 aromatic carbocycles. The number of carbonyl (C=O) groups excluding carboxylic acids is 1. The van der Waals surface area contributed by atoms with E-state index in [4.69, 9.17) is 5.26 Å². The Balaban J connectivity index is 1.78. The number of aromatic nitrogens is 3.